The van der Waals surface area contributed by atoms with Gasteiger partial charge in [0.1, 0.15) is 0 Å². The van der Waals surface area contributed by atoms with Crippen molar-refractivity contribution in [2.45, 2.75) is 0 Å². The van der Waals surface area contributed by atoms with Gasteiger partial charge >= 0.3 is 0 Å². The molecule has 0 fully saturated rings. The number of fused-ring (bicyclic) bond motifs is 1. The number of hydrogen-bond donors (Lipinski definition) is 3. The number of aromatic nitrogens is 2. The largest absolute Gasteiger partial charge is 0.302 e. The average Bonchev–Trinajstić information content (AvgIpc) is 2.26. The summed E-state index contributed by atoms with van der Waals surface area (Å²) in [6.07, 6.45) is 2.95. The maximum atomic E-state index is 11.4. The highest BCUT2D eigenvalue weighted by molar-refractivity contribution is 8.32. The van der Waals surface area contributed by atoms with E-state index in [-0.39, 0.29) is 5.56 Å². The SMILES string of the molecule is O=C(c1ccc2cnncc2c1)S(O)(O)O. The van der Waals surface area contributed by atoms with Gasteiger partial charge in [-0.2, -0.15) is 10.2 Å². The number of hydrogen-bond acceptors (Lipinski definition) is 6. The Bertz CT molecular complexity index is 552. The molecule has 1 heterocycles. The van der Waals surface area contributed by atoms with Gasteiger partial charge in [-0.15, -0.1) is 0 Å². The summed E-state index contributed by atoms with van der Waals surface area (Å²) >= 11 is 0. The lowest BCUT2D eigenvalue weighted by atomic mass is 10.1. The topological polar surface area (TPSA) is 104 Å². The molecule has 0 saturated carbocycles. The van der Waals surface area contributed by atoms with Crippen molar-refractivity contribution in [2.75, 3.05) is 0 Å². The summed E-state index contributed by atoms with van der Waals surface area (Å²) in [6.45, 7) is 0. The standard InChI is InChI=1S/C9H8N2O4S/c12-9(16(13,14)15)6-1-2-7-4-10-11-5-8(7)3-6/h1-5,13-15H. The lowest BCUT2D eigenvalue weighted by molar-refractivity contribution is 0.104. The summed E-state index contributed by atoms with van der Waals surface area (Å²) < 4.78 is 26.5. The van der Waals surface area contributed by atoms with Crippen molar-refractivity contribution in [1.29, 1.82) is 0 Å². The molecule has 0 aliphatic carbocycles. The Morgan fingerprint density at radius 2 is 1.69 bits per heavy atom. The van der Waals surface area contributed by atoms with Crippen molar-refractivity contribution in [1.82, 2.24) is 10.2 Å². The summed E-state index contributed by atoms with van der Waals surface area (Å²) in [6, 6.07) is 4.38. The van der Waals surface area contributed by atoms with Gasteiger partial charge in [0.15, 0.2) is 10.9 Å². The van der Waals surface area contributed by atoms with Crippen LogP contribution in [0.2, 0.25) is 0 Å². The molecule has 0 aliphatic heterocycles. The highest BCUT2D eigenvalue weighted by Crippen LogP contribution is 2.37. The quantitative estimate of drug-likeness (QED) is 0.704. The molecule has 2 rings (SSSR count). The van der Waals surface area contributed by atoms with Crippen LogP contribution >= 0.6 is 10.9 Å². The Labute approximate surface area is 92.1 Å². The maximum absolute atomic E-state index is 11.4. The van der Waals surface area contributed by atoms with Crippen LogP contribution in [-0.2, 0) is 0 Å². The number of rotatable bonds is 1. The molecule has 6 nitrogen and oxygen atoms in total. The number of benzene rings is 1. The Morgan fingerprint density at radius 1 is 1.06 bits per heavy atom. The fourth-order valence-corrected chi connectivity index (χ4v) is 1.72. The van der Waals surface area contributed by atoms with Gasteiger partial charge in [0.05, 0.1) is 12.4 Å². The van der Waals surface area contributed by atoms with E-state index in [1.165, 1.54) is 24.5 Å². The minimum absolute atomic E-state index is 0.0167. The second-order valence-electron chi connectivity index (χ2n) is 3.14. The summed E-state index contributed by atoms with van der Waals surface area (Å²) in [5.41, 5.74) is 0.0167. The molecular formula is C9H8N2O4S. The zero-order valence-electron chi connectivity index (χ0n) is 7.94. The normalized spacial score (nSPS) is 12.7. The molecule has 0 aliphatic rings. The third kappa shape index (κ3) is 2.02. The van der Waals surface area contributed by atoms with Crippen LogP contribution in [0.4, 0.5) is 0 Å². The summed E-state index contributed by atoms with van der Waals surface area (Å²) in [7, 11) is -4.20. The first kappa shape index (κ1) is 11.0. The second kappa shape index (κ2) is 3.80. The molecule has 0 atom stereocenters. The zero-order valence-corrected chi connectivity index (χ0v) is 8.76. The highest BCUT2D eigenvalue weighted by Gasteiger charge is 2.25. The van der Waals surface area contributed by atoms with Gasteiger partial charge in [-0.05, 0) is 12.1 Å². The van der Waals surface area contributed by atoms with Crippen molar-refractivity contribution >= 4 is 26.8 Å². The van der Waals surface area contributed by atoms with E-state index in [0.29, 0.717) is 5.39 Å². The van der Waals surface area contributed by atoms with Crippen molar-refractivity contribution in [2.24, 2.45) is 0 Å². The Kier molecular flexibility index (Phi) is 2.60. The molecule has 1 aromatic carbocycles. The molecule has 0 bridgehead atoms. The van der Waals surface area contributed by atoms with Gasteiger partial charge < -0.3 is 13.7 Å². The van der Waals surface area contributed by atoms with E-state index in [2.05, 4.69) is 10.2 Å². The Morgan fingerprint density at radius 3 is 2.31 bits per heavy atom. The molecule has 84 valence electrons. The second-order valence-corrected chi connectivity index (χ2v) is 4.55. The molecule has 0 unspecified atom stereocenters. The summed E-state index contributed by atoms with van der Waals surface area (Å²) in [4.78, 5) is 11.4. The molecular weight excluding hydrogens is 232 g/mol. The number of carbonyl (C=O) groups is 1. The van der Waals surface area contributed by atoms with Crippen LogP contribution in [0.25, 0.3) is 10.8 Å². The minimum atomic E-state index is -4.20. The maximum Gasteiger partial charge on any atom is 0.272 e. The van der Waals surface area contributed by atoms with E-state index in [0.717, 1.165) is 5.39 Å². The van der Waals surface area contributed by atoms with Crippen LogP contribution in [0.1, 0.15) is 10.4 Å². The molecule has 0 saturated heterocycles. The molecule has 16 heavy (non-hydrogen) atoms. The summed E-state index contributed by atoms with van der Waals surface area (Å²) in [5.74, 6) is 0. The van der Waals surface area contributed by atoms with Gasteiger partial charge in [-0.3, -0.25) is 4.79 Å². The Hall–Kier alpha value is -1.54. The Balaban J connectivity index is 2.52. The van der Waals surface area contributed by atoms with E-state index in [4.69, 9.17) is 13.7 Å². The fourth-order valence-electron chi connectivity index (χ4n) is 1.28. The van der Waals surface area contributed by atoms with Gasteiger partial charge in [-0.25, -0.2) is 0 Å². The van der Waals surface area contributed by atoms with Crippen molar-refractivity contribution in [3.63, 3.8) is 0 Å². The van der Waals surface area contributed by atoms with Crippen LogP contribution in [0.15, 0.2) is 30.6 Å². The number of carbonyl (C=O) groups excluding carboxylic acids is 1. The number of nitrogens with zero attached hydrogens (tertiary/aromatic N) is 2. The molecule has 0 amide bonds. The smallest absolute Gasteiger partial charge is 0.272 e. The van der Waals surface area contributed by atoms with E-state index < -0.39 is 16.0 Å². The summed E-state index contributed by atoms with van der Waals surface area (Å²) in [5, 5.41) is 7.58. The van der Waals surface area contributed by atoms with Gasteiger partial charge in [0, 0.05) is 16.3 Å². The predicted molar refractivity (Wildman–Crippen MR) is 59.3 cm³/mol. The molecule has 0 spiro atoms. The van der Waals surface area contributed by atoms with E-state index >= 15 is 0 Å². The van der Waals surface area contributed by atoms with E-state index in [1.54, 1.807) is 6.07 Å². The van der Waals surface area contributed by atoms with Crippen molar-refractivity contribution in [3.8, 4) is 0 Å². The molecule has 2 aromatic rings. The van der Waals surface area contributed by atoms with Gasteiger partial charge in [0.2, 0.25) is 0 Å². The van der Waals surface area contributed by atoms with Crippen molar-refractivity contribution < 1.29 is 18.5 Å². The first-order valence-electron chi connectivity index (χ1n) is 4.24. The third-order valence-electron chi connectivity index (χ3n) is 2.03. The molecule has 7 heteroatoms. The minimum Gasteiger partial charge on any atom is -0.302 e. The van der Waals surface area contributed by atoms with Crippen LogP contribution in [0.5, 0.6) is 0 Å². The van der Waals surface area contributed by atoms with Crippen LogP contribution < -0.4 is 0 Å². The van der Waals surface area contributed by atoms with E-state index in [9.17, 15) is 4.79 Å². The van der Waals surface area contributed by atoms with Gasteiger partial charge in [-0.1, -0.05) is 6.07 Å². The first-order chi connectivity index (χ1) is 7.48. The fraction of sp³-hybridized carbons (Fsp3) is 0. The lowest BCUT2D eigenvalue weighted by Gasteiger charge is -2.16. The van der Waals surface area contributed by atoms with Crippen LogP contribution in [0.3, 0.4) is 0 Å². The third-order valence-corrected chi connectivity index (χ3v) is 2.76. The zero-order chi connectivity index (χ0) is 11.8. The average molecular weight is 240 g/mol. The monoisotopic (exact) mass is 240 g/mol. The first-order valence-corrected chi connectivity index (χ1v) is 5.74. The highest BCUT2D eigenvalue weighted by atomic mass is 32.3. The predicted octanol–water partition coefficient (Wildman–Crippen LogP) is 1.99. The molecule has 3 N–H and O–H groups in total. The lowest BCUT2D eigenvalue weighted by Crippen LogP contribution is -2.10. The molecule has 1 aromatic heterocycles. The van der Waals surface area contributed by atoms with Crippen LogP contribution in [-0.4, -0.2) is 29.0 Å². The van der Waals surface area contributed by atoms with Crippen LogP contribution in [0, 0.1) is 0 Å². The van der Waals surface area contributed by atoms with Gasteiger partial charge in [0.25, 0.3) is 5.12 Å². The van der Waals surface area contributed by atoms with E-state index in [1.807, 2.05) is 0 Å². The van der Waals surface area contributed by atoms with Crippen molar-refractivity contribution in [3.05, 3.63) is 36.2 Å². The molecule has 0 radical (unpaired) electrons.